The summed E-state index contributed by atoms with van der Waals surface area (Å²) in [4.78, 5) is 4.17. The standard InChI is InChI=1S/C20H25F2N3O2/c1-13(17-8-6-15(21)9-18(17)22)11-24-20(23-2)25-12-14-5-7-16(26-3)10-19(14)27-4/h5-10,13H,11-12H2,1-4H3,(H2,23,24,25). The highest BCUT2D eigenvalue weighted by atomic mass is 19.1. The molecule has 2 rings (SSSR count). The summed E-state index contributed by atoms with van der Waals surface area (Å²) in [6.07, 6.45) is 0. The first-order chi connectivity index (χ1) is 13.0. The SMILES string of the molecule is CN=C(NCc1ccc(OC)cc1OC)NCC(C)c1ccc(F)cc1F. The first kappa shape index (κ1) is 20.5. The monoisotopic (exact) mass is 377 g/mol. The molecule has 7 heteroatoms. The zero-order valence-corrected chi connectivity index (χ0v) is 16.0. The normalized spacial score (nSPS) is 12.4. The molecule has 0 spiro atoms. The van der Waals surface area contributed by atoms with Crippen molar-refractivity contribution in [2.45, 2.75) is 19.4 Å². The average molecular weight is 377 g/mol. The van der Waals surface area contributed by atoms with Crippen LogP contribution in [0.5, 0.6) is 11.5 Å². The van der Waals surface area contributed by atoms with Crippen molar-refractivity contribution < 1.29 is 18.3 Å². The minimum atomic E-state index is -0.581. The van der Waals surface area contributed by atoms with E-state index in [1.54, 1.807) is 21.3 Å². The van der Waals surface area contributed by atoms with E-state index in [-0.39, 0.29) is 5.92 Å². The van der Waals surface area contributed by atoms with Crippen LogP contribution in [0.25, 0.3) is 0 Å². The fraction of sp³-hybridized carbons (Fsp3) is 0.350. The average Bonchev–Trinajstić information content (AvgIpc) is 2.67. The number of hydrogen-bond acceptors (Lipinski definition) is 3. The van der Waals surface area contributed by atoms with Crippen molar-refractivity contribution in [2.75, 3.05) is 27.8 Å². The van der Waals surface area contributed by atoms with Gasteiger partial charge in [0, 0.05) is 43.8 Å². The first-order valence-corrected chi connectivity index (χ1v) is 8.58. The van der Waals surface area contributed by atoms with E-state index in [2.05, 4.69) is 15.6 Å². The number of halogens is 2. The molecule has 0 heterocycles. The van der Waals surface area contributed by atoms with Crippen LogP contribution >= 0.6 is 0 Å². The summed E-state index contributed by atoms with van der Waals surface area (Å²) in [6.45, 7) is 2.80. The van der Waals surface area contributed by atoms with Crippen molar-refractivity contribution >= 4 is 5.96 Å². The van der Waals surface area contributed by atoms with Crippen LogP contribution in [0.2, 0.25) is 0 Å². The van der Waals surface area contributed by atoms with Crippen molar-refractivity contribution in [3.05, 3.63) is 59.2 Å². The van der Waals surface area contributed by atoms with Crippen LogP contribution in [0, 0.1) is 11.6 Å². The molecule has 2 aromatic carbocycles. The number of hydrogen-bond donors (Lipinski definition) is 2. The van der Waals surface area contributed by atoms with E-state index in [0.717, 1.165) is 11.6 Å². The zero-order chi connectivity index (χ0) is 19.8. The lowest BCUT2D eigenvalue weighted by molar-refractivity contribution is 0.390. The van der Waals surface area contributed by atoms with Gasteiger partial charge in [-0.2, -0.15) is 0 Å². The summed E-state index contributed by atoms with van der Waals surface area (Å²) >= 11 is 0. The van der Waals surface area contributed by atoms with Crippen LogP contribution in [-0.4, -0.2) is 33.8 Å². The van der Waals surface area contributed by atoms with E-state index >= 15 is 0 Å². The highest BCUT2D eigenvalue weighted by Gasteiger charge is 2.13. The van der Waals surface area contributed by atoms with E-state index in [0.29, 0.717) is 36.1 Å². The molecule has 0 aromatic heterocycles. The molecule has 0 saturated carbocycles. The van der Waals surface area contributed by atoms with Gasteiger partial charge in [-0.1, -0.05) is 13.0 Å². The molecular formula is C20H25F2N3O2. The Kier molecular flexibility index (Phi) is 7.40. The van der Waals surface area contributed by atoms with Crippen molar-refractivity contribution in [1.82, 2.24) is 10.6 Å². The highest BCUT2D eigenvalue weighted by molar-refractivity contribution is 5.79. The summed E-state index contributed by atoms with van der Waals surface area (Å²) < 4.78 is 37.5. The Morgan fingerprint density at radius 3 is 2.48 bits per heavy atom. The molecule has 0 aliphatic rings. The molecule has 2 N–H and O–H groups in total. The summed E-state index contributed by atoms with van der Waals surface area (Å²) in [6, 6.07) is 9.21. The molecule has 0 fully saturated rings. The molecule has 27 heavy (non-hydrogen) atoms. The Bertz CT molecular complexity index is 797. The molecule has 0 bridgehead atoms. The van der Waals surface area contributed by atoms with E-state index in [1.807, 2.05) is 25.1 Å². The van der Waals surface area contributed by atoms with Gasteiger partial charge in [-0.15, -0.1) is 0 Å². The van der Waals surface area contributed by atoms with Gasteiger partial charge in [0.1, 0.15) is 23.1 Å². The van der Waals surface area contributed by atoms with Gasteiger partial charge in [0.15, 0.2) is 5.96 Å². The third kappa shape index (κ3) is 5.57. The van der Waals surface area contributed by atoms with E-state index in [9.17, 15) is 8.78 Å². The summed E-state index contributed by atoms with van der Waals surface area (Å²) in [5.74, 6) is 0.715. The zero-order valence-electron chi connectivity index (χ0n) is 16.0. The van der Waals surface area contributed by atoms with Crippen molar-refractivity contribution in [1.29, 1.82) is 0 Å². The van der Waals surface area contributed by atoms with Gasteiger partial charge in [0.05, 0.1) is 14.2 Å². The summed E-state index contributed by atoms with van der Waals surface area (Å²) in [7, 11) is 4.86. The molecule has 0 aliphatic heterocycles. The lowest BCUT2D eigenvalue weighted by Crippen LogP contribution is -2.38. The molecule has 0 radical (unpaired) electrons. The van der Waals surface area contributed by atoms with Gasteiger partial charge >= 0.3 is 0 Å². The lowest BCUT2D eigenvalue weighted by Gasteiger charge is -2.18. The maximum absolute atomic E-state index is 13.9. The van der Waals surface area contributed by atoms with E-state index in [4.69, 9.17) is 9.47 Å². The molecule has 2 aromatic rings. The van der Waals surface area contributed by atoms with E-state index < -0.39 is 11.6 Å². The third-order valence-electron chi connectivity index (χ3n) is 4.23. The number of nitrogens with one attached hydrogen (secondary N) is 2. The fourth-order valence-electron chi connectivity index (χ4n) is 2.66. The number of ether oxygens (including phenoxy) is 2. The second kappa shape index (κ2) is 9.75. The van der Waals surface area contributed by atoms with Crippen LogP contribution in [0.15, 0.2) is 41.4 Å². The summed E-state index contributed by atoms with van der Waals surface area (Å²) in [5, 5.41) is 6.35. The number of methoxy groups -OCH3 is 2. The predicted octanol–water partition coefficient (Wildman–Crippen LogP) is 3.45. The van der Waals surface area contributed by atoms with Crippen LogP contribution in [0.4, 0.5) is 8.78 Å². The van der Waals surface area contributed by atoms with Crippen LogP contribution in [-0.2, 0) is 6.54 Å². The molecule has 0 saturated heterocycles. The molecule has 1 unspecified atom stereocenters. The lowest BCUT2D eigenvalue weighted by atomic mass is 10.0. The van der Waals surface area contributed by atoms with E-state index in [1.165, 1.54) is 12.1 Å². The first-order valence-electron chi connectivity index (χ1n) is 8.58. The minimum Gasteiger partial charge on any atom is -0.497 e. The van der Waals surface area contributed by atoms with Gasteiger partial charge in [-0.3, -0.25) is 4.99 Å². The third-order valence-corrected chi connectivity index (χ3v) is 4.23. The van der Waals surface area contributed by atoms with Crippen molar-refractivity contribution in [3.63, 3.8) is 0 Å². The molecule has 5 nitrogen and oxygen atoms in total. The molecule has 0 aliphatic carbocycles. The van der Waals surface area contributed by atoms with Crippen molar-refractivity contribution in [3.8, 4) is 11.5 Å². The van der Waals surface area contributed by atoms with Crippen LogP contribution < -0.4 is 20.1 Å². The second-order valence-electron chi connectivity index (χ2n) is 6.05. The summed E-state index contributed by atoms with van der Waals surface area (Å²) in [5.41, 5.74) is 1.40. The quantitative estimate of drug-likeness (QED) is 0.573. The fourth-order valence-corrected chi connectivity index (χ4v) is 2.66. The molecule has 146 valence electrons. The Labute approximate surface area is 158 Å². The van der Waals surface area contributed by atoms with Crippen LogP contribution in [0.1, 0.15) is 24.0 Å². The minimum absolute atomic E-state index is 0.153. The number of nitrogens with zero attached hydrogens (tertiary/aromatic N) is 1. The van der Waals surface area contributed by atoms with Crippen molar-refractivity contribution in [2.24, 2.45) is 4.99 Å². The second-order valence-corrected chi connectivity index (χ2v) is 6.05. The van der Waals surface area contributed by atoms with Gasteiger partial charge < -0.3 is 20.1 Å². The molecular weight excluding hydrogens is 352 g/mol. The Morgan fingerprint density at radius 1 is 1.07 bits per heavy atom. The Hall–Kier alpha value is -2.83. The topological polar surface area (TPSA) is 54.9 Å². The van der Waals surface area contributed by atoms with Gasteiger partial charge in [0.2, 0.25) is 0 Å². The van der Waals surface area contributed by atoms with Gasteiger partial charge in [-0.25, -0.2) is 8.78 Å². The Balaban J connectivity index is 1.94. The maximum atomic E-state index is 13.9. The predicted molar refractivity (Wildman–Crippen MR) is 103 cm³/mol. The Morgan fingerprint density at radius 2 is 1.85 bits per heavy atom. The smallest absolute Gasteiger partial charge is 0.191 e. The van der Waals surface area contributed by atoms with Gasteiger partial charge in [0.25, 0.3) is 0 Å². The molecule has 0 amide bonds. The van der Waals surface area contributed by atoms with Crippen LogP contribution in [0.3, 0.4) is 0 Å². The number of benzene rings is 2. The van der Waals surface area contributed by atoms with Gasteiger partial charge in [-0.05, 0) is 23.8 Å². The highest BCUT2D eigenvalue weighted by Crippen LogP contribution is 2.24. The number of guanidine groups is 1. The largest absolute Gasteiger partial charge is 0.497 e. The number of rotatable bonds is 7. The maximum Gasteiger partial charge on any atom is 0.191 e. The molecule has 1 atom stereocenters. The number of aliphatic imine (C=N–C) groups is 1.